The third-order valence-corrected chi connectivity index (χ3v) is 6.07. The minimum atomic E-state index is -0.375. The van der Waals surface area contributed by atoms with Gasteiger partial charge in [0.05, 0.1) is 12.0 Å². The van der Waals surface area contributed by atoms with E-state index < -0.39 is 0 Å². The van der Waals surface area contributed by atoms with Crippen molar-refractivity contribution in [2.75, 3.05) is 13.2 Å². The average Bonchev–Trinajstić information content (AvgIpc) is 2.39. The molecular formula is C16H20BrNO3. The SMILES string of the molecule is C#CCNC(=O)COC(=O)C12C[C@@H]3C[C@H](CC(Br)(C3)C1)C2. The summed E-state index contributed by atoms with van der Waals surface area (Å²) in [6.45, 7) is -0.0664. The zero-order chi connectivity index (χ0) is 15.1. The van der Waals surface area contributed by atoms with Gasteiger partial charge in [0.2, 0.25) is 0 Å². The van der Waals surface area contributed by atoms with Crippen LogP contribution in [-0.4, -0.2) is 29.4 Å². The van der Waals surface area contributed by atoms with Gasteiger partial charge in [-0.15, -0.1) is 6.42 Å². The van der Waals surface area contributed by atoms with Crippen LogP contribution in [0.2, 0.25) is 0 Å². The van der Waals surface area contributed by atoms with E-state index in [9.17, 15) is 9.59 Å². The molecule has 1 N–H and O–H groups in total. The maximum Gasteiger partial charge on any atom is 0.312 e. The van der Waals surface area contributed by atoms with Crippen molar-refractivity contribution in [2.24, 2.45) is 17.3 Å². The lowest BCUT2D eigenvalue weighted by atomic mass is 9.49. The summed E-state index contributed by atoms with van der Waals surface area (Å²) in [7, 11) is 0. The standard InChI is InChI=1S/C16H20BrNO3/c1-2-3-18-13(19)9-21-14(20)15-5-11-4-12(6-15)8-16(17,7-11)10-15/h1,11-12H,3-10H2,(H,18,19)/t11-,12-,15?,16?/m0/s1. The van der Waals surface area contributed by atoms with Crippen LogP contribution in [0.1, 0.15) is 38.5 Å². The van der Waals surface area contributed by atoms with Crippen molar-refractivity contribution < 1.29 is 14.3 Å². The van der Waals surface area contributed by atoms with Gasteiger partial charge in [0.15, 0.2) is 6.61 Å². The predicted molar refractivity (Wildman–Crippen MR) is 81.6 cm³/mol. The van der Waals surface area contributed by atoms with Gasteiger partial charge in [-0.2, -0.15) is 0 Å². The van der Waals surface area contributed by atoms with Gasteiger partial charge in [0.1, 0.15) is 0 Å². The highest BCUT2D eigenvalue weighted by Crippen LogP contribution is 2.64. The van der Waals surface area contributed by atoms with Gasteiger partial charge < -0.3 is 10.1 Å². The molecule has 4 bridgehead atoms. The Morgan fingerprint density at radius 3 is 2.52 bits per heavy atom. The largest absolute Gasteiger partial charge is 0.455 e. The summed E-state index contributed by atoms with van der Waals surface area (Å²) in [4.78, 5) is 24.1. The topological polar surface area (TPSA) is 55.4 Å². The van der Waals surface area contributed by atoms with E-state index in [2.05, 4.69) is 27.2 Å². The summed E-state index contributed by atoms with van der Waals surface area (Å²) in [6.07, 6.45) is 11.3. The summed E-state index contributed by atoms with van der Waals surface area (Å²) >= 11 is 3.87. The summed E-state index contributed by atoms with van der Waals surface area (Å²) in [5.41, 5.74) is -0.375. The van der Waals surface area contributed by atoms with Crippen LogP contribution in [0.4, 0.5) is 0 Å². The van der Waals surface area contributed by atoms with E-state index in [-0.39, 0.29) is 34.8 Å². The molecule has 0 aromatic carbocycles. The Bertz CT molecular complexity index is 496. The summed E-state index contributed by atoms with van der Waals surface area (Å²) in [5, 5.41) is 2.51. The van der Waals surface area contributed by atoms with Crippen molar-refractivity contribution >= 4 is 27.8 Å². The molecule has 0 radical (unpaired) electrons. The second kappa shape index (κ2) is 5.31. The first-order chi connectivity index (χ1) is 9.95. The maximum atomic E-state index is 12.6. The van der Waals surface area contributed by atoms with Crippen LogP contribution >= 0.6 is 15.9 Å². The molecule has 2 atom stereocenters. The van der Waals surface area contributed by atoms with Crippen molar-refractivity contribution in [3.05, 3.63) is 0 Å². The molecule has 5 heteroatoms. The van der Waals surface area contributed by atoms with Gasteiger partial charge in [0.25, 0.3) is 5.91 Å². The van der Waals surface area contributed by atoms with E-state index >= 15 is 0 Å². The Kier molecular flexibility index (Phi) is 3.77. The highest BCUT2D eigenvalue weighted by molar-refractivity contribution is 9.10. The summed E-state index contributed by atoms with van der Waals surface area (Å²) in [6, 6.07) is 0. The van der Waals surface area contributed by atoms with Gasteiger partial charge in [0, 0.05) is 4.32 Å². The Morgan fingerprint density at radius 2 is 1.95 bits per heavy atom. The first-order valence-corrected chi connectivity index (χ1v) is 8.30. The van der Waals surface area contributed by atoms with Crippen LogP contribution < -0.4 is 5.32 Å². The number of carbonyl (C=O) groups excluding carboxylic acids is 2. The number of hydrogen-bond acceptors (Lipinski definition) is 3. The van der Waals surface area contributed by atoms with Crippen LogP contribution in [0.5, 0.6) is 0 Å². The van der Waals surface area contributed by atoms with Crippen LogP contribution in [0.25, 0.3) is 0 Å². The Labute approximate surface area is 133 Å². The first kappa shape index (κ1) is 14.9. The van der Waals surface area contributed by atoms with Gasteiger partial charge in [-0.05, 0) is 50.4 Å². The smallest absolute Gasteiger partial charge is 0.312 e. The minimum absolute atomic E-state index is 0.113. The molecule has 4 saturated carbocycles. The van der Waals surface area contributed by atoms with Gasteiger partial charge >= 0.3 is 5.97 Å². The van der Waals surface area contributed by atoms with E-state index in [4.69, 9.17) is 11.2 Å². The number of esters is 1. The molecule has 0 aliphatic heterocycles. The van der Waals surface area contributed by atoms with E-state index in [1.54, 1.807) is 0 Å². The number of terminal acetylenes is 1. The molecule has 0 aromatic rings. The fraction of sp³-hybridized carbons (Fsp3) is 0.750. The molecular weight excluding hydrogens is 334 g/mol. The van der Waals surface area contributed by atoms with Gasteiger partial charge in [-0.1, -0.05) is 21.9 Å². The van der Waals surface area contributed by atoms with Gasteiger partial charge in [-0.3, -0.25) is 9.59 Å². The number of hydrogen-bond donors (Lipinski definition) is 1. The normalized spacial score (nSPS) is 39.6. The molecule has 114 valence electrons. The maximum absolute atomic E-state index is 12.6. The average molecular weight is 354 g/mol. The van der Waals surface area contributed by atoms with Crippen LogP contribution in [-0.2, 0) is 14.3 Å². The summed E-state index contributed by atoms with van der Waals surface area (Å²) in [5.74, 6) is 3.03. The fourth-order valence-electron chi connectivity index (χ4n) is 4.87. The number of alkyl halides is 1. The van der Waals surface area contributed by atoms with E-state index in [1.165, 1.54) is 19.3 Å². The first-order valence-electron chi connectivity index (χ1n) is 7.51. The number of amides is 1. The van der Waals surface area contributed by atoms with Crippen molar-refractivity contribution in [1.29, 1.82) is 0 Å². The molecule has 0 spiro atoms. The lowest BCUT2D eigenvalue weighted by Crippen LogP contribution is -2.56. The summed E-state index contributed by atoms with van der Waals surface area (Å²) < 4.78 is 5.40. The number of ether oxygens (including phenoxy) is 1. The third kappa shape index (κ3) is 2.83. The Hall–Kier alpha value is -1.02. The third-order valence-electron chi connectivity index (χ3n) is 5.14. The second-order valence-corrected chi connectivity index (χ2v) is 8.63. The number of halogens is 1. The van der Waals surface area contributed by atoms with Crippen molar-refractivity contribution in [3.8, 4) is 12.3 Å². The van der Waals surface area contributed by atoms with Crippen LogP contribution in [0, 0.1) is 29.6 Å². The minimum Gasteiger partial charge on any atom is -0.455 e. The molecule has 4 fully saturated rings. The molecule has 0 heterocycles. The zero-order valence-corrected chi connectivity index (χ0v) is 13.6. The van der Waals surface area contributed by atoms with Crippen LogP contribution in [0.3, 0.4) is 0 Å². The molecule has 4 aliphatic rings. The molecule has 0 aromatic heterocycles. The molecule has 0 saturated heterocycles. The highest BCUT2D eigenvalue weighted by Gasteiger charge is 2.60. The van der Waals surface area contributed by atoms with E-state index in [1.807, 2.05) is 0 Å². The lowest BCUT2D eigenvalue weighted by molar-refractivity contribution is -0.171. The quantitative estimate of drug-likeness (QED) is 0.477. The number of rotatable bonds is 4. The van der Waals surface area contributed by atoms with Crippen molar-refractivity contribution in [1.82, 2.24) is 5.32 Å². The molecule has 0 unspecified atom stereocenters. The van der Waals surface area contributed by atoms with Gasteiger partial charge in [-0.25, -0.2) is 0 Å². The lowest BCUT2D eigenvalue weighted by Gasteiger charge is -2.58. The Balaban J connectivity index is 1.62. The molecule has 4 nitrogen and oxygen atoms in total. The number of nitrogens with one attached hydrogen (secondary N) is 1. The predicted octanol–water partition coefficient (Wildman–Crippen LogP) is 2.01. The fourth-order valence-corrected chi connectivity index (χ4v) is 6.33. The zero-order valence-electron chi connectivity index (χ0n) is 12.0. The monoisotopic (exact) mass is 353 g/mol. The molecule has 1 amide bonds. The molecule has 21 heavy (non-hydrogen) atoms. The van der Waals surface area contributed by atoms with Crippen LogP contribution in [0.15, 0.2) is 0 Å². The van der Waals surface area contributed by atoms with Crippen molar-refractivity contribution in [3.63, 3.8) is 0 Å². The van der Waals surface area contributed by atoms with Crippen molar-refractivity contribution in [2.45, 2.75) is 42.8 Å². The Morgan fingerprint density at radius 1 is 1.29 bits per heavy atom. The molecule has 4 rings (SSSR count). The van der Waals surface area contributed by atoms with E-state index in [0.29, 0.717) is 11.8 Å². The highest BCUT2D eigenvalue weighted by atomic mass is 79.9. The van der Waals surface area contributed by atoms with E-state index in [0.717, 1.165) is 19.3 Å². The number of carbonyl (C=O) groups is 2. The molecule has 4 aliphatic carbocycles. The second-order valence-electron chi connectivity index (χ2n) is 6.95.